The summed E-state index contributed by atoms with van der Waals surface area (Å²) in [7, 11) is 0. The summed E-state index contributed by atoms with van der Waals surface area (Å²) in [5, 5.41) is 3.22. The van der Waals surface area contributed by atoms with Crippen LogP contribution in [0.2, 0.25) is 0 Å². The fourth-order valence-corrected chi connectivity index (χ4v) is 2.72. The first kappa shape index (κ1) is 15.1. The minimum Gasteiger partial charge on any atom is -0.462 e. The summed E-state index contributed by atoms with van der Waals surface area (Å²) in [6.45, 7) is 3.89. The molecule has 21 heavy (non-hydrogen) atoms. The van der Waals surface area contributed by atoms with Crippen molar-refractivity contribution in [2.45, 2.75) is 13.8 Å². The van der Waals surface area contributed by atoms with Gasteiger partial charge in [-0.3, -0.25) is 4.79 Å². The van der Waals surface area contributed by atoms with E-state index in [4.69, 9.17) is 10.5 Å². The Morgan fingerprint density at radius 1 is 1.33 bits per heavy atom. The maximum Gasteiger partial charge on any atom is 0.341 e. The molecule has 6 heteroatoms. The maximum atomic E-state index is 12.2. The van der Waals surface area contributed by atoms with Crippen molar-refractivity contribution in [3.63, 3.8) is 0 Å². The predicted octanol–water partition coefficient (Wildman–Crippen LogP) is 3.07. The van der Waals surface area contributed by atoms with Crippen molar-refractivity contribution in [1.29, 1.82) is 0 Å². The number of nitrogens with one attached hydrogen (secondary N) is 1. The Morgan fingerprint density at radius 3 is 2.76 bits per heavy atom. The highest BCUT2D eigenvalue weighted by Crippen LogP contribution is 2.28. The van der Waals surface area contributed by atoms with Crippen molar-refractivity contribution in [3.8, 4) is 0 Å². The lowest BCUT2D eigenvalue weighted by atomic mass is 10.2. The number of rotatable bonds is 4. The standard InChI is InChI=1S/C15H16N2O3S/c1-3-20-15(19)12-7-9(2)21-14(12)17-13(18)10-5-4-6-11(16)8-10/h4-8H,3,16H2,1-2H3,(H,17,18). The zero-order chi connectivity index (χ0) is 15.4. The smallest absolute Gasteiger partial charge is 0.341 e. The first-order valence-electron chi connectivity index (χ1n) is 6.45. The summed E-state index contributed by atoms with van der Waals surface area (Å²) in [5.74, 6) is -0.751. The third kappa shape index (κ3) is 3.61. The molecule has 2 aromatic rings. The van der Waals surface area contributed by atoms with Gasteiger partial charge in [0.05, 0.1) is 12.2 Å². The monoisotopic (exact) mass is 304 g/mol. The number of carbonyl (C=O) groups excluding carboxylic acids is 2. The zero-order valence-corrected chi connectivity index (χ0v) is 12.6. The molecule has 0 aliphatic heterocycles. The lowest BCUT2D eigenvalue weighted by Gasteiger charge is -2.06. The highest BCUT2D eigenvalue weighted by molar-refractivity contribution is 7.16. The van der Waals surface area contributed by atoms with Crippen LogP contribution < -0.4 is 11.1 Å². The van der Waals surface area contributed by atoms with Crippen LogP contribution in [0.25, 0.3) is 0 Å². The van der Waals surface area contributed by atoms with Gasteiger partial charge in [-0.05, 0) is 38.1 Å². The van der Waals surface area contributed by atoms with Crippen molar-refractivity contribution in [1.82, 2.24) is 0 Å². The van der Waals surface area contributed by atoms with Crippen LogP contribution in [0.5, 0.6) is 0 Å². The Hall–Kier alpha value is -2.34. The zero-order valence-electron chi connectivity index (χ0n) is 11.8. The Labute approximate surface area is 126 Å². The third-order valence-corrected chi connectivity index (χ3v) is 3.69. The third-order valence-electron chi connectivity index (χ3n) is 2.73. The molecule has 0 fully saturated rings. The summed E-state index contributed by atoms with van der Waals surface area (Å²) in [6, 6.07) is 8.36. The molecular weight excluding hydrogens is 288 g/mol. The molecule has 0 saturated heterocycles. The number of hydrogen-bond donors (Lipinski definition) is 2. The number of hydrogen-bond acceptors (Lipinski definition) is 5. The number of amides is 1. The van der Waals surface area contributed by atoms with Gasteiger partial charge >= 0.3 is 5.97 Å². The van der Waals surface area contributed by atoms with Crippen LogP contribution in [-0.2, 0) is 4.74 Å². The molecule has 1 amide bonds. The molecule has 0 unspecified atom stereocenters. The van der Waals surface area contributed by atoms with Gasteiger partial charge in [0.1, 0.15) is 5.00 Å². The van der Waals surface area contributed by atoms with E-state index >= 15 is 0 Å². The van der Waals surface area contributed by atoms with E-state index in [1.54, 1.807) is 37.3 Å². The molecule has 110 valence electrons. The van der Waals surface area contributed by atoms with Crippen LogP contribution in [0.1, 0.15) is 32.5 Å². The molecule has 1 aromatic carbocycles. The van der Waals surface area contributed by atoms with Crippen molar-refractivity contribution in [3.05, 3.63) is 46.3 Å². The van der Waals surface area contributed by atoms with E-state index in [9.17, 15) is 9.59 Å². The average molecular weight is 304 g/mol. The van der Waals surface area contributed by atoms with Gasteiger partial charge in [0.15, 0.2) is 0 Å². The topological polar surface area (TPSA) is 81.4 Å². The number of thiophene rings is 1. The number of aryl methyl sites for hydroxylation is 1. The molecule has 1 aromatic heterocycles. The van der Waals surface area contributed by atoms with E-state index in [1.807, 2.05) is 6.92 Å². The second kappa shape index (κ2) is 6.41. The Balaban J connectivity index is 2.23. The number of ether oxygens (including phenoxy) is 1. The molecule has 0 aliphatic rings. The Bertz CT molecular complexity index is 679. The summed E-state index contributed by atoms with van der Waals surface area (Å²) in [5.41, 5.74) is 6.98. The van der Waals surface area contributed by atoms with Gasteiger partial charge in [-0.25, -0.2) is 4.79 Å². The number of nitrogens with two attached hydrogens (primary N) is 1. The van der Waals surface area contributed by atoms with Crippen LogP contribution in [0.3, 0.4) is 0 Å². The van der Waals surface area contributed by atoms with Crippen LogP contribution in [0.4, 0.5) is 10.7 Å². The highest BCUT2D eigenvalue weighted by Gasteiger charge is 2.18. The summed E-state index contributed by atoms with van der Waals surface area (Å²) in [6.07, 6.45) is 0. The van der Waals surface area contributed by atoms with Crippen LogP contribution in [0, 0.1) is 6.92 Å². The lowest BCUT2D eigenvalue weighted by Crippen LogP contribution is -2.14. The van der Waals surface area contributed by atoms with Crippen molar-refractivity contribution in [2.24, 2.45) is 0 Å². The molecule has 0 bridgehead atoms. The molecule has 0 aliphatic carbocycles. The van der Waals surface area contributed by atoms with Gasteiger partial charge in [0, 0.05) is 16.1 Å². The fraction of sp³-hybridized carbons (Fsp3) is 0.200. The molecule has 0 atom stereocenters. The second-order valence-electron chi connectivity index (χ2n) is 4.40. The van der Waals surface area contributed by atoms with Crippen molar-refractivity contribution in [2.75, 3.05) is 17.7 Å². The number of carbonyl (C=O) groups is 2. The summed E-state index contributed by atoms with van der Waals surface area (Å²) < 4.78 is 4.98. The molecule has 0 spiro atoms. The number of anilines is 2. The first-order chi connectivity index (χ1) is 10.0. The van der Waals surface area contributed by atoms with Gasteiger partial charge in [-0.1, -0.05) is 6.07 Å². The summed E-state index contributed by atoms with van der Waals surface area (Å²) >= 11 is 1.33. The van der Waals surface area contributed by atoms with Crippen molar-refractivity contribution < 1.29 is 14.3 Å². The second-order valence-corrected chi connectivity index (χ2v) is 5.66. The van der Waals surface area contributed by atoms with E-state index in [0.717, 1.165) is 4.88 Å². The van der Waals surface area contributed by atoms with Crippen molar-refractivity contribution >= 4 is 33.9 Å². The molecule has 3 N–H and O–H groups in total. The van der Waals surface area contributed by atoms with Crippen LogP contribution in [0.15, 0.2) is 30.3 Å². The molecular formula is C15H16N2O3S. The number of benzene rings is 1. The van der Waals surface area contributed by atoms with E-state index in [0.29, 0.717) is 21.8 Å². The molecule has 2 rings (SSSR count). The SMILES string of the molecule is CCOC(=O)c1cc(C)sc1NC(=O)c1cccc(N)c1. The number of nitrogen functional groups attached to an aromatic ring is 1. The van der Waals surface area contributed by atoms with E-state index < -0.39 is 5.97 Å². The van der Waals surface area contributed by atoms with Gasteiger partial charge < -0.3 is 15.8 Å². The van der Waals surface area contributed by atoms with E-state index in [1.165, 1.54) is 11.3 Å². The van der Waals surface area contributed by atoms with Crippen LogP contribution in [-0.4, -0.2) is 18.5 Å². The Kier molecular flexibility index (Phi) is 4.59. The average Bonchev–Trinajstić information content (AvgIpc) is 2.80. The van der Waals surface area contributed by atoms with Gasteiger partial charge in [0.2, 0.25) is 0 Å². The van der Waals surface area contributed by atoms with E-state index in [-0.39, 0.29) is 12.5 Å². The minimum atomic E-state index is -0.440. The number of esters is 1. The predicted molar refractivity (Wildman–Crippen MR) is 83.8 cm³/mol. The summed E-state index contributed by atoms with van der Waals surface area (Å²) in [4.78, 5) is 25.0. The van der Waals surface area contributed by atoms with Gasteiger partial charge in [-0.15, -0.1) is 11.3 Å². The quantitative estimate of drug-likeness (QED) is 0.672. The first-order valence-corrected chi connectivity index (χ1v) is 7.27. The molecule has 0 radical (unpaired) electrons. The lowest BCUT2D eigenvalue weighted by molar-refractivity contribution is 0.0528. The van der Waals surface area contributed by atoms with E-state index in [2.05, 4.69) is 5.32 Å². The molecule has 1 heterocycles. The fourth-order valence-electron chi connectivity index (χ4n) is 1.82. The van der Waals surface area contributed by atoms with Gasteiger partial charge in [0.25, 0.3) is 5.91 Å². The highest BCUT2D eigenvalue weighted by atomic mass is 32.1. The van der Waals surface area contributed by atoms with Crippen LogP contribution >= 0.6 is 11.3 Å². The molecule has 0 saturated carbocycles. The maximum absolute atomic E-state index is 12.2. The van der Waals surface area contributed by atoms with Gasteiger partial charge in [-0.2, -0.15) is 0 Å². The Morgan fingerprint density at radius 2 is 2.10 bits per heavy atom. The normalized spacial score (nSPS) is 10.2. The molecule has 5 nitrogen and oxygen atoms in total. The largest absolute Gasteiger partial charge is 0.462 e. The minimum absolute atomic E-state index is 0.288.